The van der Waals surface area contributed by atoms with Gasteiger partial charge < -0.3 is 9.47 Å². The zero-order chi connectivity index (χ0) is 19.5. The van der Waals surface area contributed by atoms with Gasteiger partial charge in [0.15, 0.2) is 23.1 Å². The van der Waals surface area contributed by atoms with Gasteiger partial charge in [-0.3, -0.25) is 9.59 Å². The molecule has 2 aliphatic heterocycles. The zero-order valence-corrected chi connectivity index (χ0v) is 16.8. The van der Waals surface area contributed by atoms with Crippen molar-refractivity contribution in [2.45, 2.75) is 12.2 Å². The van der Waals surface area contributed by atoms with Crippen molar-refractivity contribution in [1.29, 1.82) is 0 Å². The molecule has 0 spiro atoms. The Kier molecular flexibility index (Phi) is 5.59. The van der Waals surface area contributed by atoms with Crippen LogP contribution in [-0.2, 0) is 4.79 Å². The van der Waals surface area contributed by atoms with Crippen LogP contribution in [0.4, 0.5) is 0 Å². The highest BCUT2D eigenvalue weighted by molar-refractivity contribution is 8.25. The van der Waals surface area contributed by atoms with Crippen LogP contribution < -0.4 is 9.47 Å². The van der Waals surface area contributed by atoms with E-state index in [0.717, 1.165) is 15.6 Å². The van der Waals surface area contributed by atoms with Gasteiger partial charge in [0.1, 0.15) is 0 Å². The van der Waals surface area contributed by atoms with Crippen LogP contribution in [0.25, 0.3) is 6.08 Å². The summed E-state index contributed by atoms with van der Waals surface area (Å²) in [5.74, 6) is 1.73. The SMILES string of the molecule is C[C@@H]1CS/C(=C(/C(=O)/C=C\c2ccc3c(c2)OCO3)C(=O)c2ccccc2)S1. The van der Waals surface area contributed by atoms with Gasteiger partial charge >= 0.3 is 0 Å². The molecule has 2 aromatic rings. The molecule has 0 amide bonds. The van der Waals surface area contributed by atoms with E-state index in [4.69, 9.17) is 9.47 Å². The molecular formula is C22H18O4S2. The molecule has 0 N–H and O–H groups in total. The normalized spacial score (nSPS) is 19.8. The van der Waals surface area contributed by atoms with Crippen molar-refractivity contribution >= 4 is 41.2 Å². The summed E-state index contributed by atoms with van der Waals surface area (Å²) in [5.41, 5.74) is 1.59. The van der Waals surface area contributed by atoms with Gasteiger partial charge in [-0.05, 0) is 23.8 Å². The van der Waals surface area contributed by atoms with Gasteiger partial charge in [-0.1, -0.05) is 49.4 Å². The van der Waals surface area contributed by atoms with Crippen LogP contribution in [0.5, 0.6) is 11.5 Å². The Morgan fingerprint density at radius 1 is 1.07 bits per heavy atom. The van der Waals surface area contributed by atoms with E-state index < -0.39 is 0 Å². The standard InChI is InChI=1S/C22H18O4S2/c1-14-12-27-22(28-14)20(21(24)16-5-3-2-4-6-16)17(23)9-7-15-8-10-18-19(11-15)26-13-25-18/h2-11,14H,12-13H2,1H3/b9-7-,22-20+/t14-/m1/s1. The Hall–Kier alpha value is -2.44. The largest absolute Gasteiger partial charge is 0.454 e. The first-order valence-electron chi connectivity index (χ1n) is 8.87. The molecule has 2 aliphatic rings. The number of benzene rings is 2. The first kappa shape index (κ1) is 18.9. The number of carbonyl (C=O) groups is 2. The zero-order valence-electron chi connectivity index (χ0n) is 15.2. The molecule has 142 valence electrons. The molecule has 0 unspecified atom stereocenters. The molecule has 0 aromatic heterocycles. The number of allylic oxidation sites excluding steroid dienone is 2. The summed E-state index contributed by atoms with van der Waals surface area (Å²) in [4.78, 5) is 26.1. The average molecular weight is 411 g/mol. The summed E-state index contributed by atoms with van der Waals surface area (Å²) in [5, 5.41) is 0.379. The molecule has 4 rings (SSSR count). The van der Waals surface area contributed by atoms with Crippen LogP contribution in [-0.4, -0.2) is 29.4 Å². The average Bonchev–Trinajstić information content (AvgIpc) is 3.35. The van der Waals surface area contributed by atoms with Crippen molar-refractivity contribution in [3.8, 4) is 11.5 Å². The molecule has 0 bridgehead atoms. The first-order chi connectivity index (χ1) is 13.6. The lowest BCUT2D eigenvalue weighted by molar-refractivity contribution is -0.111. The summed E-state index contributed by atoms with van der Waals surface area (Å²) in [6.07, 6.45) is 3.17. The highest BCUT2D eigenvalue weighted by Crippen LogP contribution is 2.44. The van der Waals surface area contributed by atoms with E-state index in [2.05, 4.69) is 6.92 Å². The van der Waals surface area contributed by atoms with Gasteiger partial charge in [-0.15, -0.1) is 23.5 Å². The highest BCUT2D eigenvalue weighted by Gasteiger charge is 2.28. The second-order valence-electron chi connectivity index (χ2n) is 6.41. The van der Waals surface area contributed by atoms with E-state index in [-0.39, 0.29) is 23.9 Å². The lowest BCUT2D eigenvalue weighted by atomic mass is 10.0. The number of carbonyl (C=O) groups excluding carboxylic acids is 2. The molecule has 28 heavy (non-hydrogen) atoms. The third-order valence-electron chi connectivity index (χ3n) is 4.29. The highest BCUT2D eigenvalue weighted by atomic mass is 32.2. The Balaban J connectivity index is 1.63. The summed E-state index contributed by atoms with van der Waals surface area (Å²) in [7, 11) is 0. The number of hydrogen-bond acceptors (Lipinski definition) is 6. The molecule has 2 heterocycles. The van der Waals surface area contributed by atoms with Crippen molar-refractivity contribution in [2.24, 2.45) is 0 Å². The fraction of sp³-hybridized carbons (Fsp3) is 0.182. The lowest BCUT2D eigenvalue weighted by Crippen LogP contribution is -2.12. The van der Waals surface area contributed by atoms with Crippen LogP contribution in [0.1, 0.15) is 22.8 Å². The van der Waals surface area contributed by atoms with Crippen molar-refractivity contribution in [1.82, 2.24) is 0 Å². The Morgan fingerprint density at radius 3 is 2.61 bits per heavy atom. The quantitative estimate of drug-likeness (QED) is 0.301. The fourth-order valence-corrected chi connectivity index (χ4v) is 5.73. The summed E-state index contributed by atoms with van der Waals surface area (Å²) >= 11 is 3.17. The minimum atomic E-state index is -0.282. The summed E-state index contributed by atoms with van der Waals surface area (Å²) in [6.45, 7) is 2.30. The van der Waals surface area contributed by atoms with Crippen molar-refractivity contribution in [2.75, 3.05) is 12.5 Å². The van der Waals surface area contributed by atoms with Crippen LogP contribution >= 0.6 is 23.5 Å². The van der Waals surface area contributed by atoms with Crippen LogP contribution in [0, 0.1) is 0 Å². The monoisotopic (exact) mass is 410 g/mol. The third kappa shape index (κ3) is 4.03. The molecule has 4 nitrogen and oxygen atoms in total. The second-order valence-corrected chi connectivity index (χ2v) is 9.14. The van der Waals surface area contributed by atoms with Gasteiger partial charge in [0.2, 0.25) is 6.79 Å². The van der Waals surface area contributed by atoms with E-state index in [0.29, 0.717) is 22.3 Å². The molecule has 0 saturated carbocycles. The Morgan fingerprint density at radius 2 is 1.86 bits per heavy atom. The number of ether oxygens (including phenoxy) is 2. The van der Waals surface area contributed by atoms with Crippen LogP contribution in [0.2, 0.25) is 0 Å². The van der Waals surface area contributed by atoms with E-state index >= 15 is 0 Å². The van der Waals surface area contributed by atoms with E-state index in [9.17, 15) is 9.59 Å². The smallest absolute Gasteiger partial charge is 0.231 e. The van der Waals surface area contributed by atoms with Crippen LogP contribution in [0.15, 0.2) is 64.4 Å². The van der Waals surface area contributed by atoms with Crippen molar-refractivity contribution < 1.29 is 19.1 Å². The molecule has 0 aliphatic carbocycles. The lowest BCUT2D eigenvalue weighted by Gasteiger charge is -2.07. The molecule has 1 fully saturated rings. The van der Waals surface area contributed by atoms with E-state index in [1.807, 2.05) is 24.3 Å². The number of ketones is 2. The Bertz CT molecular complexity index is 979. The Labute approximate surface area is 172 Å². The van der Waals surface area contributed by atoms with E-state index in [1.165, 1.54) is 6.08 Å². The molecule has 1 atom stereocenters. The maximum atomic E-state index is 13.1. The van der Waals surface area contributed by atoms with Gasteiger partial charge in [-0.25, -0.2) is 0 Å². The predicted molar refractivity (Wildman–Crippen MR) is 114 cm³/mol. The van der Waals surface area contributed by atoms with Gasteiger partial charge in [-0.2, -0.15) is 0 Å². The molecule has 1 saturated heterocycles. The number of fused-ring (bicyclic) bond motifs is 1. The maximum Gasteiger partial charge on any atom is 0.231 e. The third-order valence-corrected chi connectivity index (χ3v) is 7.27. The second kappa shape index (κ2) is 8.29. The molecular weight excluding hydrogens is 392 g/mol. The van der Waals surface area contributed by atoms with Gasteiger partial charge in [0, 0.05) is 16.6 Å². The van der Waals surface area contributed by atoms with Gasteiger partial charge in [0.25, 0.3) is 0 Å². The fourth-order valence-electron chi connectivity index (χ4n) is 2.89. The van der Waals surface area contributed by atoms with Crippen molar-refractivity contribution in [3.63, 3.8) is 0 Å². The maximum absolute atomic E-state index is 13.1. The van der Waals surface area contributed by atoms with Crippen molar-refractivity contribution in [3.05, 3.63) is 75.5 Å². The van der Waals surface area contributed by atoms with Crippen LogP contribution in [0.3, 0.4) is 0 Å². The topological polar surface area (TPSA) is 52.6 Å². The minimum Gasteiger partial charge on any atom is -0.454 e. The summed E-state index contributed by atoms with van der Waals surface area (Å²) in [6, 6.07) is 14.4. The molecule has 6 heteroatoms. The first-order valence-corrected chi connectivity index (χ1v) is 10.7. The summed E-state index contributed by atoms with van der Waals surface area (Å²) < 4.78 is 11.5. The predicted octanol–water partition coefficient (Wildman–Crippen LogP) is 4.96. The minimum absolute atomic E-state index is 0.204. The number of hydrogen-bond donors (Lipinski definition) is 0. The number of Topliss-reactive ketones (excluding diaryl/α,β-unsaturated/α-hetero) is 1. The molecule has 2 aromatic carbocycles. The number of rotatable bonds is 5. The number of thioether (sulfide) groups is 2. The van der Waals surface area contributed by atoms with Gasteiger partial charge in [0.05, 0.1) is 9.81 Å². The van der Waals surface area contributed by atoms with E-state index in [1.54, 1.807) is 53.9 Å². The molecule has 0 radical (unpaired) electrons.